The van der Waals surface area contributed by atoms with Crippen molar-refractivity contribution in [3.63, 3.8) is 0 Å². The van der Waals surface area contributed by atoms with E-state index in [0.29, 0.717) is 26.5 Å². The highest BCUT2D eigenvalue weighted by Gasteiger charge is 2.56. The number of carbonyl (C=O) groups is 2. The van der Waals surface area contributed by atoms with E-state index in [-0.39, 0.29) is 15.2 Å². The summed E-state index contributed by atoms with van der Waals surface area (Å²) in [5.74, 6) is -0.542. The highest BCUT2D eigenvalue weighted by molar-refractivity contribution is 7.80. The Morgan fingerprint density at radius 1 is 1.09 bits per heavy atom. The van der Waals surface area contributed by atoms with Crippen LogP contribution in [0.1, 0.15) is 20.8 Å². The van der Waals surface area contributed by atoms with Crippen LogP contribution in [0.2, 0.25) is 20.1 Å². The number of nitrogens with one attached hydrogen (secondary N) is 1. The number of hydrogen-bond donors (Lipinski definition) is 2. The maximum atomic E-state index is 13.1. The average Bonchev–Trinajstić information content (AvgIpc) is 3.01. The summed E-state index contributed by atoms with van der Waals surface area (Å²) in [6.07, 6.45) is -1.10. The van der Waals surface area contributed by atoms with Gasteiger partial charge >= 0.3 is 12.0 Å². The van der Waals surface area contributed by atoms with E-state index in [1.807, 2.05) is 0 Å². The van der Waals surface area contributed by atoms with Gasteiger partial charge in [-0.2, -0.15) is 5.06 Å². The molecule has 0 aromatic heterocycles. The Labute approximate surface area is 228 Å². The molecule has 2 amide bonds. The average molecular weight is 580 g/mol. The van der Waals surface area contributed by atoms with Crippen LogP contribution in [0.4, 0.5) is 16.2 Å². The number of methoxy groups -OCH3 is 1. The molecule has 0 radical (unpaired) electrons. The van der Waals surface area contributed by atoms with E-state index in [9.17, 15) is 14.8 Å². The summed E-state index contributed by atoms with van der Waals surface area (Å²) >= 11 is 30.0. The molecule has 2 aromatic carbocycles. The molecule has 1 aliphatic heterocycles. The smallest absolute Gasteiger partial charge is 0.347 e. The molecule has 1 saturated heterocycles. The number of carbonyl (C=O) groups excluding carboxylic acids is 2. The molecule has 0 bridgehead atoms. The lowest BCUT2D eigenvalue weighted by atomic mass is 9.98. The van der Waals surface area contributed by atoms with E-state index in [0.717, 1.165) is 0 Å². The number of anilines is 2. The normalized spacial score (nSPS) is 17.9. The Balaban J connectivity index is 2.06. The molecule has 2 N–H and O–H groups in total. The van der Waals surface area contributed by atoms with Gasteiger partial charge in [0.2, 0.25) is 0 Å². The largest absolute Gasteiger partial charge is 0.467 e. The van der Waals surface area contributed by atoms with Crippen molar-refractivity contribution in [3.8, 4) is 0 Å². The third-order valence-corrected chi connectivity index (χ3v) is 7.50. The maximum Gasteiger partial charge on any atom is 0.347 e. The Hall–Kier alpha value is -2.01. The van der Waals surface area contributed by atoms with E-state index in [2.05, 4.69) is 5.32 Å². The van der Waals surface area contributed by atoms with Gasteiger partial charge in [-0.15, -0.1) is 0 Å². The minimum atomic E-state index is -1.10. The van der Waals surface area contributed by atoms with E-state index < -0.39 is 29.7 Å². The standard InChI is InChI=1S/C22H22Cl4N4O4S/c1-11(18(31)34-4)29-21(35)28(13-6-8-15(24)17(26)10-13)19(22(29,2)3)30(33)20(32)27-12-5-7-14(23)16(25)9-12/h5-11,19,33H,1-4H3,(H,27,32)/t11-,19+/m0/s1. The molecule has 0 aliphatic carbocycles. The molecule has 2 aromatic rings. The van der Waals surface area contributed by atoms with Gasteiger partial charge < -0.3 is 15.0 Å². The summed E-state index contributed by atoms with van der Waals surface area (Å²) in [7, 11) is 1.27. The zero-order valence-corrected chi connectivity index (χ0v) is 22.9. The van der Waals surface area contributed by atoms with Crippen molar-refractivity contribution in [2.75, 3.05) is 17.3 Å². The van der Waals surface area contributed by atoms with E-state index >= 15 is 0 Å². The van der Waals surface area contributed by atoms with Crippen molar-refractivity contribution >= 4 is 87.1 Å². The van der Waals surface area contributed by atoms with Crippen molar-refractivity contribution < 1.29 is 19.5 Å². The van der Waals surface area contributed by atoms with Crippen molar-refractivity contribution in [1.29, 1.82) is 0 Å². The number of urea groups is 1. The van der Waals surface area contributed by atoms with Gasteiger partial charge in [0, 0.05) is 11.4 Å². The number of halogens is 4. The van der Waals surface area contributed by atoms with Crippen LogP contribution in [0.25, 0.3) is 0 Å². The van der Waals surface area contributed by atoms with Gasteiger partial charge in [0.05, 0.1) is 32.7 Å². The molecule has 2 atom stereocenters. The number of nitrogens with zero attached hydrogens (tertiary/aromatic N) is 3. The van der Waals surface area contributed by atoms with Gasteiger partial charge in [-0.05, 0) is 69.4 Å². The summed E-state index contributed by atoms with van der Waals surface area (Å²) < 4.78 is 4.91. The van der Waals surface area contributed by atoms with Gasteiger partial charge in [0.15, 0.2) is 11.3 Å². The Kier molecular flexibility index (Phi) is 8.30. The summed E-state index contributed by atoms with van der Waals surface area (Å²) in [6.45, 7) is 5.08. The third kappa shape index (κ3) is 5.26. The lowest BCUT2D eigenvalue weighted by Crippen LogP contribution is -2.59. The Bertz CT molecular complexity index is 1180. The molecule has 1 aliphatic rings. The fourth-order valence-electron chi connectivity index (χ4n) is 4.01. The quantitative estimate of drug-likeness (QED) is 0.186. The minimum absolute atomic E-state index is 0.165. The van der Waals surface area contributed by atoms with Crippen molar-refractivity contribution in [1.82, 2.24) is 9.96 Å². The number of amides is 2. The van der Waals surface area contributed by atoms with E-state index in [1.165, 1.54) is 30.2 Å². The molecule has 0 saturated carbocycles. The first-order chi connectivity index (χ1) is 16.3. The number of benzene rings is 2. The third-order valence-electron chi connectivity index (χ3n) is 5.63. The van der Waals surface area contributed by atoms with Crippen LogP contribution in [0.5, 0.6) is 0 Å². The Morgan fingerprint density at radius 2 is 1.66 bits per heavy atom. The number of rotatable bonds is 5. The molecule has 13 heteroatoms. The van der Waals surface area contributed by atoms with Gasteiger partial charge in [-0.3, -0.25) is 10.1 Å². The number of thiocarbonyl (C=S) groups is 1. The molecular formula is C22H22Cl4N4O4S. The molecule has 3 rings (SSSR count). The number of esters is 1. The monoisotopic (exact) mass is 578 g/mol. The lowest BCUT2D eigenvalue weighted by molar-refractivity contribution is -0.148. The molecule has 1 fully saturated rings. The van der Waals surface area contributed by atoms with Crippen LogP contribution in [0.3, 0.4) is 0 Å². The Morgan fingerprint density at radius 3 is 2.20 bits per heavy atom. The van der Waals surface area contributed by atoms with E-state index in [1.54, 1.807) is 43.9 Å². The number of hydrogen-bond acceptors (Lipinski definition) is 5. The van der Waals surface area contributed by atoms with Crippen molar-refractivity contribution in [2.24, 2.45) is 0 Å². The first-order valence-corrected chi connectivity index (χ1v) is 12.1. The fourth-order valence-corrected chi connectivity index (χ4v) is 5.20. The highest BCUT2D eigenvalue weighted by Crippen LogP contribution is 2.41. The number of ether oxygens (including phenoxy) is 1. The predicted molar refractivity (Wildman–Crippen MR) is 142 cm³/mol. The second-order valence-electron chi connectivity index (χ2n) is 8.25. The topological polar surface area (TPSA) is 85.3 Å². The lowest BCUT2D eigenvalue weighted by Gasteiger charge is -2.40. The molecule has 1 heterocycles. The van der Waals surface area contributed by atoms with E-state index in [4.69, 9.17) is 63.4 Å². The van der Waals surface area contributed by atoms with Crippen LogP contribution < -0.4 is 10.2 Å². The summed E-state index contributed by atoms with van der Waals surface area (Å²) in [5.41, 5.74) is -0.327. The van der Waals surface area contributed by atoms with Gasteiger partial charge in [0.1, 0.15) is 6.04 Å². The summed E-state index contributed by atoms with van der Waals surface area (Å²) in [6, 6.07) is 7.55. The summed E-state index contributed by atoms with van der Waals surface area (Å²) in [4.78, 5) is 28.7. The van der Waals surface area contributed by atoms with Gasteiger partial charge in [-0.1, -0.05) is 46.4 Å². The first-order valence-electron chi connectivity index (χ1n) is 10.2. The zero-order chi connectivity index (χ0) is 26.2. The first kappa shape index (κ1) is 27.6. The number of hydroxylamine groups is 2. The molecule has 188 valence electrons. The SMILES string of the molecule is COC(=O)[C@H](C)N1C(=S)N(c2ccc(Cl)c(Cl)c2)[C@H](N(O)C(=O)Nc2ccc(Cl)c(Cl)c2)C1(C)C. The fraction of sp³-hybridized carbons (Fsp3) is 0.318. The van der Waals surface area contributed by atoms with Crippen LogP contribution in [0, 0.1) is 0 Å². The molecule has 35 heavy (non-hydrogen) atoms. The second kappa shape index (κ2) is 10.5. The highest BCUT2D eigenvalue weighted by atomic mass is 35.5. The minimum Gasteiger partial charge on any atom is -0.467 e. The van der Waals surface area contributed by atoms with Crippen molar-refractivity contribution in [3.05, 3.63) is 56.5 Å². The van der Waals surface area contributed by atoms with Crippen LogP contribution in [0.15, 0.2) is 36.4 Å². The zero-order valence-electron chi connectivity index (χ0n) is 19.1. The molecular weight excluding hydrogens is 558 g/mol. The molecule has 0 spiro atoms. The van der Waals surface area contributed by atoms with Crippen LogP contribution in [-0.4, -0.2) is 57.1 Å². The van der Waals surface area contributed by atoms with Gasteiger partial charge in [0.25, 0.3) is 0 Å². The second-order valence-corrected chi connectivity index (χ2v) is 10.2. The predicted octanol–water partition coefficient (Wildman–Crippen LogP) is 6.30. The summed E-state index contributed by atoms with van der Waals surface area (Å²) in [5, 5.41) is 15.5. The van der Waals surface area contributed by atoms with Crippen molar-refractivity contribution in [2.45, 2.75) is 38.5 Å². The molecule has 0 unspecified atom stereocenters. The maximum absolute atomic E-state index is 13.1. The van der Waals surface area contributed by atoms with Gasteiger partial charge in [-0.25, -0.2) is 9.59 Å². The van der Waals surface area contributed by atoms with Crippen LogP contribution >= 0.6 is 58.6 Å². The molecule has 8 nitrogen and oxygen atoms in total. The van der Waals surface area contributed by atoms with Crippen LogP contribution in [-0.2, 0) is 9.53 Å².